The van der Waals surface area contributed by atoms with Crippen molar-refractivity contribution in [2.45, 2.75) is 42.1 Å². The lowest BCUT2D eigenvalue weighted by atomic mass is 9.72. The van der Waals surface area contributed by atoms with Gasteiger partial charge in [-0.2, -0.15) is 0 Å². The van der Waals surface area contributed by atoms with Crippen LogP contribution in [-0.2, 0) is 9.53 Å². The molecule has 0 aromatic heterocycles. The standard InChI is InChI=1S/C16H24INO2/c1-11(17)15(19)20-16(10-12-3-4-14(16)9-12)13-5-7-18(2)8-6-13/h3-4,11-14H,5-10H2,1-2H3/p+1. The third-order valence-corrected chi connectivity index (χ3v) is 6.04. The summed E-state index contributed by atoms with van der Waals surface area (Å²) in [6.45, 7) is 4.36. The molecule has 3 rings (SSSR count). The summed E-state index contributed by atoms with van der Waals surface area (Å²) in [6, 6.07) is 0. The van der Waals surface area contributed by atoms with Crippen LogP contribution in [0.3, 0.4) is 0 Å². The molecule has 2 fully saturated rings. The Morgan fingerprint density at radius 1 is 1.40 bits per heavy atom. The molecule has 3 nitrogen and oxygen atoms in total. The normalized spacial score (nSPS) is 44.5. The summed E-state index contributed by atoms with van der Waals surface area (Å²) in [4.78, 5) is 13.8. The van der Waals surface area contributed by atoms with Gasteiger partial charge in [-0.05, 0) is 25.7 Å². The number of halogens is 1. The average molecular weight is 390 g/mol. The van der Waals surface area contributed by atoms with Gasteiger partial charge in [0.15, 0.2) is 0 Å². The number of carbonyl (C=O) groups is 1. The van der Waals surface area contributed by atoms with Crippen LogP contribution < -0.4 is 4.90 Å². The number of ether oxygens (including phenoxy) is 1. The van der Waals surface area contributed by atoms with Crippen molar-refractivity contribution in [2.75, 3.05) is 20.1 Å². The fraction of sp³-hybridized carbons (Fsp3) is 0.812. The van der Waals surface area contributed by atoms with Crippen LogP contribution in [0.1, 0.15) is 32.6 Å². The fourth-order valence-electron chi connectivity index (χ4n) is 4.39. The van der Waals surface area contributed by atoms with E-state index in [0.717, 1.165) is 6.42 Å². The predicted molar refractivity (Wildman–Crippen MR) is 87.0 cm³/mol. The highest BCUT2D eigenvalue weighted by Crippen LogP contribution is 2.54. The number of likely N-dealkylation sites (tertiary alicyclic amines) is 1. The molecule has 2 bridgehead atoms. The molecule has 1 N–H and O–H groups in total. The monoisotopic (exact) mass is 390 g/mol. The van der Waals surface area contributed by atoms with Crippen LogP contribution in [0, 0.1) is 17.8 Å². The first kappa shape index (κ1) is 14.8. The maximum absolute atomic E-state index is 12.2. The molecular weight excluding hydrogens is 365 g/mol. The van der Waals surface area contributed by atoms with Gasteiger partial charge >= 0.3 is 5.97 Å². The summed E-state index contributed by atoms with van der Waals surface area (Å²) < 4.78 is 6.11. The van der Waals surface area contributed by atoms with Crippen molar-refractivity contribution < 1.29 is 14.4 Å². The van der Waals surface area contributed by atoms with Crippen LogP contribution in [-0.4, -0.2) is 35.6 Å². The molecule has 3 aliphatic rings. The molecule has 4 unspecified atom stereocenters. The fourth-order valence-corrected chi connectivity index (χ4v) is 4.51. The Labute approximate surface area is 135 Å². The minimum atomic E-state index is -0.184. The zero-order valence-corrected chi connectivity index (χ0v) is 14.6. The van der Waals surface area contributed by atoms with E-state index < -0.39 is 0 Å². The summed E-state index contributed by atoms with van der Waals surface area (Å²) in [5.74, 6) is 1.66. The molecule has 0 amide bonds. The van der Waals surface area contributed by atoms with E-state index in [-0.39, 0.29) is 15.5 Å². The first-order valence-corrected chi connectivity index (χ1v) is 9.12. The van der Waals surface area contributed by atoms with Crippen LogP contribution in [0.25, 0.3) is 0 Å². The predicted octanol–water partition coefficient (Wildman–Crippen LogP) is 1.61. The quantitative estimate of drug-likeness (QED) is 0.344. The topological polar surface area (TPSA) is 30.7 Å². The van der Waals surface area contributed by atoms with Crippen molar-refractivity contribution in [2.24, 2.45) is 17.8 Å². The Morgan fingerprint density at radius 3 is 2.60 bits per heavy atom. The zero-order chi connectivity index (χ0) is 14.3. The van der Waals surface area contributed by atoms with Crippen molar-refractivity contribution in [1.29, 1.82) is 0 Å². The third-order valence-electron chi connectivity index (χ3n) is 5.53. The van der Waals surface area contributed by atoms with Gasteiger partial charge in [0.25, 0.3) is 0 Å². The Balaban J connectivity index is 1.81. The lowest BCUT2D eigenvalue weighted by Crippen LogP contribution is -3.10. The van der Waals surface area contributed by atoms with Crippen LogP contribution in [0.15, 0.2) is 12.2 Å². The maximum Gasteiger partial charge on any atom is 0.319 e. The van der Waals surface area contributed by atoms with E-state index in [0.29, 0.717) is 17.8 Å². The first-order valence-electron chi connectivity index (χ1n) is 7.88. The van der Waals surface area contributed by atoms with Gasteiger partial charge < -0.3 is 9.64 Å². The Kier molecular flexibility index (Phi) is 4.15. The minimum absolute atomic E-state index is 0.0159. The number of rotatable bonds is 3. The molecule has 1 aliphatic heterocycles. The van der Waals surface area contributed by atoms with Gasteiger partial charge in [0.2, 0.25) is 0 Å². The van der Waals surface area contributed by atoms with Crippen molar-refractivity contribution in [3.63, 3.8) is 0 Å². The van der Waals surface area contributed by atoms with Gasteiger partial charge in [0.1, 0.15) is 9.53 Å². The minimum Gasteiger partial charge on any atom is -0.457 e. The van der Waals surface area contributed by atoms with E-state index in [4.69, 9.17) is 4.74 Å². The Bertz CT molecular complexity index is 415. The lowest BCUT2D eigenvalue weighted by Gasteiger charge is -2.44. The summed E-state index contributed by atoms with van der Waals surface area (Å²) in [7, 11) is 2.27. The SMILES string of the molecule is CC(I)C(=O)OC1(C2CC[NH+](C)CC2)CC2C=CC1C2. The Morgan fingerprint density at radius 2 is 2.10 bits per heavy atom. The number of hydrogen-bond acceptors (Lipinski definition) is 2. The highest BCUT2D eigenvalue weighted by Gasteiger charge is 2.56. The van der Waals surface area contributed by atoms with E-state index >= 15 is 0 Å². The van der Waals surface area contributed by atoms with Gasteiger partial charge in [0, 0.05) is 24.7 Å². The number of fused-ring (bicyclic) bond motifs is 2. The molecule has 2 aliphatic carbocycles. The molecule has 4 atom stereocenters. The second-order valence-electron chi connectivity index (χ2n) is 6.91. The van der Waals surface area contributed by atoms with Crippen molar-refractivity contribution in [3.05, 3.63) is 12.2 Å². The van der Waals surface area contributed by atoms with Gasteiger partial charge in [0.05, 0.1) is 20.1 Å². The molecule has 1 saturated heterocycles. The van der Waals surface area contributed by atoms with E-state index in [1.165, 1.54) is 32.4 Å². The number of allylic oxidation sites excluding steroid dienone is 1. The Hall–Kier alpha value is -0.100. The zero-order valence-electron chi connectivity index (χ0n) is 12.4. The molecule has 0 aromatic carbocycles. The maximum atomic E-state index is 12.2. The van der Waals surface area contributed by atoms with Gasteiger partial charge in [-0.3, -0.25) is 4.79 Å². The molecule has 0 radical (unpaired) electrons. The molecule has 1 heterocycles. The van der Waals surface area contributed by atoms with E-state index in [1.807, 2.05) is 6.92 Å². The number of carbonyl (C=O) groups excluding carboxylic acids is 1. The summed E-state index contributed by atoms with van der Waals surface area (Å²) in [5, 5.41) is 0. The molecule has 112 valence electrons. The molecule has 0 aromatic rings. The van der Waals surface area contributed by atoms with Gasteiger partial charge in [-0.15, -0.1) is 0 Å². The largest absolute Gasteiger partial charge is 0.457 e. The average Bonchev–Trinajstić information content (AvgIpc) is 3.00. The number of piperidine rings is 1. The third kappa shape index (κ3) is 2.54. The smallest absolute Gasteiger partial charge is 0.319 e. The number of nitrogens with one attached hydrogen (secondary N) is 1. The summed E-state index contributed by atoms with van der Waals surface area (Å²) in [6.07, 6.45) is 9.32. The highest BCUT2D eigenvalue weighted by molar-refractivity contribution is 14.1. The van der Waals surface area contributed by atoms with Crippen molar-refractivity contribution >= 4 is 28.6 Å². The number of quaternary nitrogens is 1. The second kappa shape index (κ2) is 5.59. The summed E-state index contributed by atoms with van der Waals surface area (Å²) >= 11 is 2.17. The van der Waals surface area contributed by atoms with Gasteiger partial charge in [-0.25, -0.2) is 0 Å². The van der Waals surface area contributed by atoms with Crippen molar-refractivity contribution in [3.8, 4) is 0 Å². The van der Waals surface area contributed by atoms with Gasteiger partial charge in [-0.1, -0.05) is 34.7 Å². The number of esters is 1. The van der Waals surface area contributed by atoms with E-state index in [1.54, 1.807) is 4.90 Å². The molecule has 1 saturated carbocycles. The molecule has 20 heavy (non-hydrogen) atoms. The summed E-state index contributed by atoms with van der Waals surface area (Å²) in [5.41, 5.74) is -0.184. The molecule has 0 spiro atoms. The highest BCUT2D eigenvalue weighted by atomic mass is 127. The van der Waals surface area contributed by atoms with Crippen LogP contribution in [0.5, 0.6) is 0 Å². The lowest BCUT2D eigenvalue weighted by molar-refractivity contribution is -0.886. The number of hydrogen-bond donors (Lipinski definition) is 1. The van der Waals surface area contributed by atoms with Crippen LogP contribution >= 0.6 is 22.6 Å². The first-order chi connectivity index (χ1) is 9.51. The second-order valence-corrected chi connectivity index (χ2v) is 8.78. The van der Waals surface area contributed by atoms with Crippen LogP contribution in [0.2, 0.25) is 0 Å². The molecule has 4 heteroatoms. The van der Waals surface area contributed by atoms with E-state index in [2.05, 4.69) is 41.8 Å². The van der Waals surface area contributed by atoms with E-state index in [9.17, 15) is 4.79 Å². The number of alkyl halides is 1. The van der Waals surface area contributed by atoms with Crippen molar-refractivity contribution in [1.82, 2.24) is 0 Å². The molecular formula is C16H25INO2+. The van der Waals surface area contributed by atoms with Crippen LogP contribution in [0.4, 0.5) is 0 Å².